The lowest BCUT2D eigenvalue weighted by atomic mass is 10.1. The molecule has 0 aliphatic carbocycles. The Hall–Kier alpha value is -1.40. The first-order chi connectivity index (χ1) is 8.38. The van der Waals surface area contributed by atoms with Crippen molar-refractivity contribution in [3.8, 4) is 11.4 Å². The zero-order valence-corrected chi connectivity index (χ0v) is 10.1. The van der Waals surface area contributed by atoms with Gasteiger partial charge >= 0.3 is 6.18 Å². The second-order valence-corrected chi connectivity index (χ2v) is 3.92. The van der Waals surface area contributed by atoms with Gasteiger partial charge in [-0.25, -0.2) is 0 Å². The highest BCUT2D eigenvalue weighted by molar-refractivity contribution is 6.31. The summed E-state index contributed by atoms with van der Waals surface area (Å²) in [6.07, 6.45) is -4.51. The predicted octanol–water partition coefficient (Wildman–Crippen LogP) is 3.86. The van der Waals surface area contributed by atoms with Crippen LogP contribution in [0.2, 0.25) is 10.6 Å². The van der Waals surface area contributed by atoms with Crippen molar-refractivity contribution in [1.29, 1.82) is 0 Å². The van der Waals surface area contributed by atoms with Gasteiger partial charge in [-0.3, -0.25) is 0 Å². The number of hydrogen-bond acceptors (Lipinski definition) is 3. The van der Waals surface area contributed by atoms with Crippen molar-refractivity contribution >= 4 is 23.2 Å². The molecule has 0 radical (unpaired) electrons. The number of alkyl halides is 3. The number of nitrogens with zero attached hydrogens (tertiary/aromatic N) is 3. The second-order valence-electron chi connectivity index (χ2n) is 3.24. The van der Waals surface area contributed by atoms with E-state index in [2.05, 4.69) is 15.0 Å². The number of hydrogen-bond donors (Lipinski definition) is 0. The summed E-state index contributed by atoms with van der Waals surface area (Å²) in [5, 5.41) is -0.524. The average Bonchev–Trinajstić information content (AvgIpc) is 2.26. The smallest absolute Gasteiger partial charge is 0.198 e. The maximum Gasteiger partial charge on any atom is 0.417 e. The molecule has 0 fully saturated rings. The number of benzene rings is 1. The molecule has 3 nitrogen and oxygen atoms in total. The molecular weight excluding hydrogens is 290 g/mol. The van der Waals surface area contributed by atoms with Gasteiger partial charge in [-0.05, 0) is 29.3 Å². The Balaban J connectivity index is 2.64. The van der Waals surface area contributed by atoms with Crippen molar-refractivity contribution in [3.63, 3.8) is 0 Å². The lowest BCUT2D eigenvalue weighted by molar-refractivity contribution is -0.137. The van der Waals surface area contributed by atoms with Crippen LogP contribution in [0.1, 0.15) is 5.56 Å². The Labute approximate surface area is 110 Å². The molecule has 18 heavy (non-hydrogen) atoms. The molecule has 0 unspecified atom stereocenters. The molecule has 0 saturated heterocycles. The van der Waals surface area contributed by atoms with Crippen LogP contribution >= 0.6 is 23.2 Å². The van der Waals surface area contributed by atoms with Crippen molar-refractivity contribution in [1.82, 2.24) is 15.0 Å². The zero-order valence-electron chi connectivity index (χ0n) is 8.54. The van der Waals surface area contributed by atoms with Crippen LogP contribution in [0.3, 0.4) is 0 Å². The third kappa shape index (κ3) is 2.70. The molecule has 94 valence electrons. The van der Waals surface area contributed by atoms with Gasteiger partial charge in [0.05, 0.1) is 5.56 Å². The molecule has 8 heteroatoms. The average molecular weight is 294 g/mol. The van der Waals surface area contributed by atoms with Gasteiger partial charge in [-0.15, -0.1) is 0 Å². The van der Waals surface area contributed by atoms with Gasteiger partial charge in [0.15, 0.2) is 5.82 Å². The van der Waals surface area contributed by atoms with Gasteiger partial charge < -0.3 is 0 Å². The molecule has 2 rings (SSSR count). The van der Waals surface area contributed by atoms with E-state index < -0.39 is 11.7 Å². The Kier molecular flexibility index (Phi) is 3.41. The summed E-state index contributed by atoms with van der Waals surface area (Å²) in [4.78, 5) is 10.8. The molecule has 0 N–H and O–H groups in total. The Morgan fingerprint density at radius 3 is 2.00 bits per heavy atom. The quantitative estimate of drug-likeness (QED) is 0.801. The normalized spacial score (nSPS) is 11.6. The molecule has 0 amide bonds. The second kappa shape index (κ2) is 4.70. The van der Waals surface area contributed by atoms with Crippen LogP contribution in [-0.4, -0.2) is 15.0 Å². The summed E-state index contributed by atoms with van der Waals surface area (Å²) < 4.78 is 38.4. The number of aromatic nitrogens is 3. The third-order valence-electron chi connectivity index (χ3n) is 2.05. The topological polar surface area (TPSA) is 38.7 Å². The summed E-state index contributed by atoms with van der Waals surface area (Å²) >= 11 is 11.1. The standard InChI is InChI=1S/C10H4Cl2F3N3/c11-8-16-7(17-9(12)18-8)5-3-1-2-4-6(5)10(13,14)15/h1-4H. The highest BCUT2D eigenvalue weighted by Gasteiger charge is 2.34. The van der Waals surface area contributed by atoms with Crippen LogP contribution < -0.4 is 0 Å². The highest BCUT2D eigenvalue weighted by atomic mass is 35.5. The Morgan fingerprint density at radius 1 is 0.889 bits per heavy atom. The first-order valence-corrected chi connectivity index (χ1v) is 5.37. The summed E-state index contributed by atoms with van der Waals surface area (Å²) in [6.45, 7) is 0. The van der Waals surface area contributed by atoms with Crippen LogP contribution in [0.4, 0.5) is 13.2 Å². The van der Waals surface area contributed by atoms with E-state index >= 15 is 0 Å². The molecule has 0 aliphatic heterocycles. The van der Waals surface area contributed by atoms with E-state index in [0.717, 1.165) is 6.07 Å². The molecule has 0 bridgehead atoms. The molecule has 2 aromatic rings. The van der Waals surface area contributed by atoms with E-state index in [4.69, 9.17) is 23.2 Å². The highest BCUT2D eigenvalue weighted by Crippen LogP contribution is 2.35. The molecule has 0 saturated carbocycles. The Morgan fingerprint density at radius 2 is 1.44 bits per heavy atom. The van der Waals surface area contributed by atoms with Gasteiger partial charge in [-0.1, -0.05) is 18.2 Å². The fourth-order valence-electron chi connectivity index (χ4n) is 1.37. The molecule has 1 aromatic carbocycles. The minimum atomic E-state index is -4.51. The van der Waals surface area contributed by atoms with Crippen molar-refractivity contribution in [2.45, 2.75) is 6.18 Å². The van der Waals surface area contributed by atoms with Crippen molar-refractivity contribution < 1.29 is 13.2 Å². The van der Waals surface area contributed by atoms with Crippen molar-refractivity contribution in [3.05, 3.63) is 40.4 Å². The molecule has 1 heterocycles. The predicted molar refractivity (Wildman–Crippen MR) is 60.3 cm³/mol. The summed E-state index contributed by atoms with van der Waals surface area (Å²) in [5.74, 6) is -0.215. The molecule has 0 aliphatic rings. The fraction of sp³-hybridized carbons (Fsp3) is 0.100. The summed E-state index contributed by atoms with van der Waals surface area (Å²) in [5.41, 5.74) is -1.06. The van der Waals surface area contributed by atoms with E-state index in [-0.39, 0.29) is 22.0 Å². The van der Waals surface area contributed by atoms with E-state index in [1.54, 1.807) is 0 Å². The Bertz CT molecular complexity index is 567. The van der Waals surface area contributed by atoms with Gasteiger partial charge in [0.25, 0.3) is 0 Å². The van der Waals surface area contributed by atoms with Gasteiger partial charge in [0.1, 0.15) is 0 Å². The maximum atomic E-state index is 12.8. The van der Waals surface area contributed by atoms with Crippen LogP contribution in [0.15, 0.2) is 24.3 Å². The largest absolute Gasteiger partial charge is 0.417 e. The molecular formula is C10H4Cl2F3N3. The van der Waals surface area contributed by atoms with E-state index in [1.165, 1.54) is 18.2 Å². The van der Waals surface area contributed by atoms with Crippen molar-refractivity contribution in [2.24, 2.45) is 0 Å². The molecule has 0 spiro atoms. The van der Waals surface area contributed by atoms with Crippen LogP contribution in [-0.2, 0) is 6.18 Å². The first kappa shape index (κ1) is 13.0. The molecule has 0 atom stereocenters. The fourth-order valence-corrected chi connectivity index (χ4v) is 1.74. The number of halogens is 5. The van der Waals surface area contributed by atoms with Gasteiger partial charge in [-0.2, -0.15) is 28.1 Å². The SMILES string of the molecule is FC(F)(F)c1ccccc1-c1nc(Cl)nc(Cl)n1. The van der Waals surface area contributed by atoms with E-state index in [0.29, 0.717) is 0 Å². The first-order valence-electron chi connectivity index (χ1n) is 4.61. The van der Waals surface area contributed by atoms with Gasteiger partial charge in [0, 0.05) is 5.56 Å². The lowest BCUT2D eigenvalue weighted by Gasteiger charge is -2.11. The van der Waals surface area contributed by atoms with Crippen LogP contribution in [0.5, 0.6) is 0 Å². The van der Waals surface area contributed by atoms with E-state index in [9.17, 15) is 13.2 Å². The molecule has 1 aromatic heterocycles. The van der Waals surface area contributed by atoms with Crippen molar-refractivity contribution in [2.75, 3.05) is 0 Å². The minimum absolute atomic E-state index is 0.198. The number of rotatable bonds is 1. The van der Waals surface area contributed by atoms with Crippen LogP contribution in [0, 0.1) is 0 Å². The third-order valence-corrected chi connectivity index (χ3v) is 2.39. The lowest BCUT2D eigenvalue weighted by Crippen LogP contribution is -2.08. The zero-order chi connectivity index (χ0) is 13.3. The van der Waals surface area contributed by atoms with Gasteiger partial charge in [0.2, 0.25) is 10.6 Å². The van der Waals surface area contributed by atoms with Crippen LogP contribution in [0.25, 0.3) is 11.4 Å². The summed E-state index contributed by atoms with van der Waals surface area (Å²) in [6, 6.07) is 4.89. The summed E-state index contributed by atoms with van der Waals surface area (Å²) in [7, 11) is 0. The minimum Gasteiger partial charge on any atom is -0.198 e. The van der Waals surface area contributed by atoms with E-state index in [1.807, 2.05) is 0 Å². The monoisotopic (exact) mass is 293 g/mol. The maximum absolute atomic E-state index is 12.8.